The van der Waals surface area contributed by atoms with Gasteiger partial charge in [-0.2, -0.15) is 0 Å². The number of thiazole rings is 1. The molecule has 2 rings (SSSR count). The van der Waals surface area contributed by atoms with Gasteiger partial charge in [-0.3, -0.25) is 4.79 Å². The molecule has 0 bridgehead atoms. The summed E-state index contributed by atoms with van der Waals surface area (Å²) in [5.74, 6) is -0.00388. The SMILES string of the molecule is Cc1nc(CCNC(=O)CNc2ccccc2)cs1. The molecule has 0 aliphatic carbocycles. The Balaban J connectivity index is 1.65. The first kappa shape index (κ1) is 13.5. The first-order valence-corrected chi connectivity index (χ1v) is 7.08. The number of carbonyl (C=O) groups is 1. The van der Waals surface area contributed by atoms with Gasteiger partial charge in [0.25, 0.3) is 0 Å². The highest BCUT2D eigenvalue weighted by atomic mass is 32.1. The Labute approximate surface area is 116 Å². The predicted octanol–water partition coefficient (Wildman–Crippen LogP) is 2.22. The Kier molecular flexibility index (Phi) is 4.92. The lowest BCUT2D eigenvalue weighted by molar-refractivity contribution is -0.119. The van der Waals surface area contributed by atoms with Crippen LogP contribution in [0.3, 0.4) is 0 Å². The van der Waals surface area contributed by atoms with Crippen LogP contribution >= 0.6 is 11.3 Å². The van der Waals surface area contributed by atoms with E-state index in [2.05, 4.69) is 15.6 Å². The van der Waals surface area contributed by atoms with E-state index in [0.717, 1.165) is 22.8 Å². The number of carbonyl (C=O) groups excluding carboxylic acids is 1. The average molecular weight is 275 g/mol. The molecule has 4 nitrogen and oxygen atoms in total. The molecule has 100 valence electrons. The van der Waals surface area contributed by atoms with E-state index in [0.29, 0.717) is 13.1 Å². The van der Waals surface area contributed by atoms with Gasteiger partial charge in [0.1, 0.15) is 0 Å². The topological polar surface area (TPSA) is 54.0 Å². The number of nitrogens with zero attached hydrogens (tertiary/aromatic N) is 1. The van der Waals surface area contributed by atoms with Gasteiger partial charge in [-0.05, 0) is 19.1 Å². The first-order chi connectivity index (χ1) is 9.24. The van der Waals surface area contributed by atoms with Crippen molar-refractivity contribution in [2.45, 2.75) is 13.3 Å². The van der Waals surface area contributed by atoms with Crippen molar-refractivity contribution in [2.24, 2.45) is 0 Å². The van der Waals surface area contributed by atoms with E-state index in [1.807, 2.05) is 42.6 Å². The highest BCUT2D eigenvalue weighted by Crippen LogP contribution is 2.07. The van der Waals surface area contributed by atoms with Crippen LogP contribution < -0.4 is 10.6 Å². The van der Waals surface area contributed by atoms with Gasteiger partial charge in [-0.15, -0.1) is 11.3 Å². The van der Waals surface area contributed by atoms with Crippen molar-refractivity contribution in [2.75, 3.05) is 18.4 Å². The largest absolute Gasteiger partial charge is 0.376 e. The van der Waals surface area contributed by atoms with Gasteiger partial charge in [-0.1, -0.05) is 18.2 Å². The van der Waals surface area contributed by atoms with Crippen LogP contribution in [-0.4, -0.2) is 24.0 Å². The Morgan fingerprint density at radius 1 is 1.32 bits per heavy atom. The molecule has 0 aliphatic heterocycles. The number of aryl methyl sites for hydroxylation is 1. The van der Waals surface area contributed by atoms with Crippen LogP contribution in [0.5, 0.6) is 0 Å². The van der Waals surface area contributed by atoms with Crippen molar-refractivity contribution in [3.05, 3.63) is 46.4 Å². The molecular weight excluding hydrogens is 258 g/mol. The van der Waals surface area contributed by atoms with Crippen molar-refractivity contribution >= 4 is 22.9 Å². The van der Waals surface area contributed by atoms with E-state index in [-0.39, 0.29) is 5.91 Å². The van der Waals surface area contributed by atoms with E-state index in [9.17, 15) is 4.79 Å². The highest BCUT2D eigenvalue weighted by molar-refractivity contribution is 7.09. The molecule has 1 amide bonds. The number of rotatable bonds is 6. The summed E-state index contributed by atoms with van der Waals surface area (Å²) in [6.07, 6.45) is 0.779. The fraction of sp³-hybridized carbons (Fsp3) is 0.286. The summed E-state index contributed by atoms with van der Waals surface area (Å²) in [5, 5.41) is 9.04. The third-order valence-electron chi connectivity index (χ3n) is 2.60. The minimum Gasteiger partial charge on any atom is -0.376 e. The molecule has 5 heteroatoms. The maximum absolute atomic E-state index is 11.6. The van der Waals surface area contributed by atoms with Crippen LogP contribution in [0.4, 0.5) is 5.69 Å². The molecule has 0 fully saturated rings. The summed E-state index contributed by atoms with van der Waals surface area (Å²) in [6, 6.07) is 9.69. The summed E-state index contributed by atoms with van der Waals surface area (Å²) in [6.45, 7) is 2.90. The van der Waals surface area contributed by atoms with Crippen molar-refractivity contribution in [3.8, 4) is 0 Å². The van der Waals surface area contributed by atoms with Crippen LogP contribution in [-0.2, 0) is 11.2 Å². The Bertz CT molecular complexity index is 524. The van der Waals surface area contributed by atoms with Gasteiger partial charge in [0, 0.05) is 24.0 Å². The van der Waals surface area contributed by atoms with Crippen LogP contribution in [0.15, 0.2) is 35.7 Å². The molecule has 19 heavy (non-hydrogen) atoms. The molecule has 0 atom stereocenters. The lowest BCUT2D eigenvalue weighted by atomic mass is 10.3. The maximum Gasteiger partial charge on any atom is 0.239 e. The van der Waals surface area contributed by atoms with E-state index < -0.39 is 0 Å². The molecule has 0 spiro atoms. The van der Waals surface area contributed by atoms with Gasteiger partial charge in [-0.25, -0.2) is 4.98 Å². The molecule has 0 radical (unpaired) electrons. The Morgan fingerprint density at radius 2 is 2.11 bits per heavy atom. The number of para-hydroxylation sites is 1. The second kappa shape index (κ2) is 6.89. The lowest BCUT2D eigenvalue weighted by Crippen LogP contribution is -2.31. The Morgan fingerprint density at radius 3 is 2.79 bits per heavy atom. The molecular formula is C14H17N3OS. The quantitative estimate of drug-likeness (QED) is 0.850. The molecule has 1 aromatic carbocycles. The Hall–Kier alpha value is -1.88. The van der Waals surface area contributed by atoms with Crippen molar-refractivity contribution in [1.29, 1.82) is 0 Å². The zero-order valence-corrected chi connectivity index (χ0v) is 11.7. The van der Waals surface area contributed by atoms with Crippen molar-refractivity contribution in [1.82, 2.24) is 10.3 Å². The fourth-order valence-electron chi connectivity index (χ4n) is 1.65. The summed E-state index contributed by atoms with van der Waals surface area (Å²) in [4.78, 5) is 16.0. The van der Waals surface area contributed by atoms with Gasteiger partial charge in [0.05, 0.1) is 17.2 Å². The van der Waals surface area contributed by atoms with Crippen LogP contribution in [0, 0.1) is 6.92 Å². The molecule has 2 N–H and O–H groups in total. The van der Waals surface area contributed by atoms with Gasteiger partial charge in [0.15, 0.2) is 0 Å². The van der Waals surface area contributed by atoms with E-state index in [1.54, 1.807) is 11.3 Å². The number of nitrogens with one attached hydrogen (secondary N) is 2. The molecule has 2 aromatic rings. The van der Waals surface area contributed by atoms with Crippen LogP contribution in [0.25, 0.3) is 0 Å². The van der Waals surface area contributed by atoms with Crippen LogP contribution in [0.2, 0.25) is 0 Å². The van der Waals surface area contributed by atoms with Crippen molar-refractivity contribution < 1.29 is 4.79 Å². The number of aromatic nitrogens is 1. The second-order valence-electron chi connectivity index (χ2n) is 4.18. The maximum atomic E-state index is 11.6. The summed E-state index contributed by atoms with van der Waals surface area (Å²) in [5.41, 5.74) is 1.99. The highest BCUT2D eigenvalue weighted by Gasteiger charge is 2.02. The zero-order valence-electron chi connectivity index (χ0n) is 10.8. The lowest BCUT2D eigenvalue weighted by Gasteiger charge is -2.06. The number of hydrogen-bond donors (Lipinski definition) is 2. The summed E-state index contributed by atoms with van der Waals surface area (Å²) in [7, 11) is 0. The zero-order chi connectivity index (χ0) is 13.5. The van der Waals surface area contributed by atoms with Gasteiger partial charge >= 0.3 is 0 Å². The van der Waals surface area contributed by atoms with Gasteiger partial charge < -0.3 is 10.6 Å². The van der Waals surface area contributed by atoms with Crippen LogP contribution in [0.1, 0.15) is 10.7 Å². The summed E-state index contributed by atoms with van der Waals surface area (Å²) >= 11 is 1.63. The average Bonchev–Trinajstić information content (AvgIpc) is 2.83. The van der Waals surface area contributed by atoms with Gasteiger partial charge in [0.2, 0.25) is 5.91 Å². The minimum atomic E-state index is -0.00388. The molecule has 0 saturated heterocycles. The molecule has 0 aliphatic rings. The normalized spacial score (nSPS) is 10.2. The van der Waals surface area contributed by atoms with E-state index in [4.69, 9.17) is 0 Å². The standard InChI is InChI=1S/C14H17N3OS/c1-11-17-13(10-19-11)7-8-15-14(18)9-16-12-5-3-2-4-6-12/h2-6,10,16H,7-9H2,1H3,(H,15,18). The van der Waals surface area contributed by atoms with E-state index in [1.165, 1.54) is 0 Å². The monoisotopic (exact) mass is 275 g/mol. The number of amides is 1. The molecule has 1 heterocycles. The number of anilines is 1. The molecule has 1 aromatic heterocycles. The van der Waals surface area contributed by atoms with Crippen molar-refractivity contribution in [3.63, 3.8) is 0 Å². The third kappa shape index (κ3) is 4.71. The predicted molar refractivity (Wildman–Crippen MR) is 78.5 cm³/mol. The summed E-state index contributed by atoms with van der Waals surface area (Å²) < 4.78 is 0. The third-order valence-corrected chi connectivity index (χ3v) is 3.42. The first-order valence-electron chi connectivity index (χ1n) is 6.20. The fourth-order valence-corrected chi connectivity index (χ4v) is 2.30. The molecule has 0 unspecified atom stereocenters. The second-order valence-corrected chi connectivity index (χ2v) is 5.24. The molecule has 0 saturated carbocycles. The number of benzene rings is 1. The smallest absolute Gasteiger partial charge is 0.239 e. The van der Waals surface area contributed by atoms with E-state index >= 15 is 0 Å². The number of hydrogen-bond acceptors (Lipinski definition) is 4. The minimum absolute atomic E-state index is 0.00388.